The van der Waals surface area contributed by atoms with Crippen LogP contribution in [0.3, 0.4) is 0 Å². The van der Waals surface area contributed by atoms with Gasteiger partial charge in [-0.15, -0.1) is 0 Å². The lowest BCUT2D eigenvalue weighted by molar-refractivity contribution is 0.287. The highest BCUT2D eigenvalue weighted by molar-refractivity contribution is 6.44. The summed E-state index contributed by atoms with van der Waals surface area (Å²) in [4.78, 5) is 0. The molecule has 0 amide bonds. The Labute approximate surface area is 115 Å². The van der Waals surface area contributed by atoms with E-state index in [0.29, 0.717) is 0 Å². The highest BCUT2D eigenvalue weighted by Crippen LogP contribution is 2.27. The Balaban J connectivity index is 2.23. The summed E-state index contributed by atoms with van der Waals surface area (Å²) in [5, 5.41) is 0. The molecule has 0 aliphatic heterocycles. The van der Waals surface area contributed by atoms with Crippen LogP contribution in [0.5, 0.6) is 0 Å². The quantitative estimate of drug-likeness (QED) is 0.424. The normalized spacial score (nSPS) is 18.2. The van der Waals surface area contributed by atoms with Gasteiger partial charge in [-0.3, -0.25) is 0 Å². The topological polar surface area (TPSA) is 18.5 Å². The Morgan fingerprint density at radius 2 is 2.11 bits per heavy atom. The van der Waals surface area contributed by atoms with Gasteiger partial charge in [0.1, 0.15) is 0 Å². The molecule has 1 unspecified atom stereocenters. The maximum atomic E-state index is 5.81. The summed E-state index contributed by atoms with van der Waals surface area (Å²) in [6.45, 7) is 4.53. The summed E-state index contributed by atoms with van der Waals surface area (Å²) in [7, 11) is 0.699. The van der Waals surface area contributed by atoms with Crippen LogP contribution in [0.4, 0.5) is 0 Å². The van der Waals surface area contributed by atoms with Gasteiger partial charge in [-0.2, -0.15) is 0 Å². The third kappa shape index (κ3) is 6.05. The second kappa shape index (κ2) is 9.62. The molecule has 0 heterocycles. The van der Waals surface area contributed by atoms with Crippen LogP contribution in [0.1, 0.15) is 58.8 Å². The number of hydrogen-bond donors (Lipinski definition) is 0. The molecular formula is C15H29O2Si. The molecule has 1 aliphatic carbocycles. The van der Waals surface area contributed by atoms with E-state index in [1.54, 1.807) is 7.11 Å². The van der Waals surface area contributed by atoms with Gasteiger partial charge in [0.25, 0.3) is 0 Å². The summed E-state index contributed by atoms with van der Waals surface area (Å²) >= 11 is 0. The zero-order valence-corrected chi connectivity index (χ0v) is 13.3. The van der Waals surface area contributed by atoms with Gasteiger partial charge in [0.05, 0.1) is 6.26 Å². The summed E-state index contributed by atoms with van der Waals surface area (Å²) in [5.74, 6) is 1.54. The van der Waals surface area contributed by atoms with Crippen molar-refractivity contribution in [3.63, 3.8) is 0 Å². The Morgan fingerprint density at radius 3 is 2.61 bits per heavy atom. The lowest BCUT2D eigenvalue weighted by Gasteiger charge is -2.22. The van der Waals surface area contributed by atoms with Gasteiger partial charge in [0.15, 0.2) is 0 Å². The summed E-state index contributed by atoms with van der Waals surface area (Å²) in [5.41, 5.74) is 0. The first-order valence-electron chi connectivity index (χ1n) is 7.53. The van der Waals surface area contributed by atoms with E-state index in [1.165, 1.54) is 44.9 Å². The van der Waals surface area contributed by atoms with Crippen LogP contribution in [0.2, 0.25) is 6.04 Å². The summed E-state index contributed by atoms with van der Waals surface area (Å²) in [6, 6.07) is 1.12. The highest BCUT2D eigenvalue weighted by atomic mass is 28.3. The van der Waals surface area contributed by atoms with Gasteiger partial charge in [-0.1, -0.05) is 46.0 Å². The molecule has 0 bridgehead atoms. The molecule has 105 valence electrons. The minimum atomic E-state index is -1.09. The SMILES string of the molecule is CCCCC(CC)C[Si](OC)OC=CC1CCC1. The van der Waals surface area contributed by atoms with E-state index in [9.17, 15) is 0 Å². The molecule has 1 fully saturated rings. The Morgan fingerprint density at radius 1 is 1.33 bits per heavy atom. The average Bonchev–Trinajstić information content (AvgIpc) is 2.34. The van der Waals surface area contributed by atoms with Gasteiger partial charge in [0, 0.05) is 13.2 Å². The molecule has 0 aromatic rings. The van der Waals surface area contributed by atoms with Crippen molar-refractivity contribution in [2.45, 2.75) is 64.8 Å². The van der Waals surface area contributed by atoms with E-state index in [0.717, 1.165) is 17.9 Å². The smallest absolute Gasteiger partial charge is 0.457 e. The van der Waals surface area contributed by atoms with Gasteiger partial charge in [0.2, 0.25) is 0 Å². The zero-order chi connectivity index (χ0) is 13.2. The van der Waals surface area contributed by atoms with Crippen molar-refractivity contribution in [2.75, 3.05) is 7.11 Å². The zero-order valence-electron chi connectivity index (χ0n) is 12.3. The highest BCUT2D eigenvalue weighted by Gasteiger charge is 2.21. The molecule has 1 saturated carbocycles. The molecule has 3 heteroatoms. The second-order valence-electron chi connectivity index (χ2n) is 5.33. The molecule has 0 aromatic carbocycles. The van der Waals surface area contributed by atoms with E-state index in [2.05, 4.69) is 19.9 Å². The van der Waals surface area contributed by atoms with Crippen LogP contribution in [0.15, 0.2) is 12.3 Å². The minimum absolute atomic E-state index is 0.771. The lowest BCUT2D eigenvalue weighted by atomic mass is 9.86. The fraction of sp³-hybridized carbons (Fsp3) is 0.867. The molecule has 1 atom stereocenters. The largest absolute Gasteiger partial charge is 0.525 e. The van der Waals surface area contributed by atoms with E-state index < -0.39 is 9.28 Å². The summed E-state index contributed by atoms with van der Waals surface area (Å²) in [6.07, 6.45) is 13.4. The van der Waals surface area contributed by atoms with Crippen LogP contribution in [-0.4, -0.2) is 16.4 Å². The van der Waals surface area contributed by atoms with Crippen molar-refractivity contribution in [1.82, 2.24) is 0 Å². The predicted octanol–water partition coefficient (Wildman–Crippen LogP) is 4.67. The molecule has 18 heavy (non-hydrogen) atoms. The predicted molar refractivity (Wildman–Crippen MR) is 78.4 cm³/mol. The second-order valence-corrected chi connectivity index (χ2v) is 7.13. The van der Waals surface area contributed by atoms with E-state index in [1.807, 2.05) is 6.26 Å². The molecule has 1 radical (unpaired) electrons. The average molecular weight is 269 g/mol. The lowest BCUT2D eigenvalue weighted by Crippen LogP contribution is -2.22. The Kier molecular flexibility index (Phi) is 8.43. The van der Waals surface area contributed by atoms with Crippen molar-refractivity contribution in [3.05, 3.63) is 12.3 Å². The minimum Gasteiger partial charge on any atom is -0.525 e. The molecular weight excluding hydrogens is 240 g/mol. The Bertz CT molecular complexity index is 227. The molecule has 1 rings (SSSR count). The van der Waals surface area contributed by atoms with Gasteiger partial charge in [-0.05, 0) is 30.8 Å². The first-order chi connectivity index (χ1) is 8.80. The Hall–Kier alpha value is -0.283. The van der Waals surface area contributed by atoms with E-state index in [4.69, 9.17) is 8.85 Å². The third-order valence-electron chi connectivity index (χ3n) is 3.93. The van der Waals surface area contributed by atoms with E-state index >= 15 is 0 Å². The van der Waals surface area contributed by atoms with Crippen molar-refractivity contribution in [3.8, 4) is 0 Å². The van der Waals surface area contributed by atoms with Crippen molar-refractivity contribution in [2.24, 2.45) is 11.8 Å². The van der Waals surface area contributed by atoms with Crippen molar-refractivity contribution in [1.29, 1.82) is 0 Å². The number of rotatable bonds is 10. The first-order valence-corrected chi connectivity index (χ1v) is 9.05. The van der Waals surface area contributed by atoms with Gasteiger partial charge >= 0.3 is 9.28 Å². The summed E-state index contributed by atoms with van der Waals surface area (Å²) < 4.78 is 11.3. The molecule has 0 N–H and O–H groups in total. The fourth-order valence-electron chi connectivity index (χ4n) is 2.22. The van der Waals surface area contributed by atoms with Crippen LogP contribution >= 0.6 is 0 Å². The van der Waals surface area contributed by atoms with Crippen LogP contribution in [-0.2, 0) is 8.85 Å². The molecule has 0 aromatic heterocycles. The third-order valence-corrected chi connectivity index (χ3v) is 5.69. The fourth-order valence-corrected chi connectivity index (χ4v) is 3.77. The standard InChI is InChI=1S/C15H29O2Si/c1-4-6-8-14(5-2)13-18(16-3)17-12-11-15-9-7-10-15/h11-12,14-15H,4-10,13H2,1-3H3. The van der Waals surface area contributed by atoms with Gasteiger partial charge < -0.3 is 8.85 Å². The van der Waals surface area contributed by atoms with Gasteiger partial charge in [-0.25, -0.2) is 0 Å². The maximum Gasteiger partial charge on any atom is 0.457 e. The first kappa shape index (κ1) is 15.8. The monoisotopic (exact) mass is 269 g/mol. The van der Waals surface area contributed by atoms with Crippen LogP contribution < -0.4 is 0 Å². The number of unbranched alkanes of at least 4 members (excludes halogenated alkanes) is 1. The molecule has 1 aliphatic rings. The van der Waals surface area contributed by atoms with E-state index in [-0.39, 0.29) is 0 Å². The number of hydrogen-bond acceptors (Lipinski definition) is 2. The number of allylic oxidation sites excluding steroid dienone is 1. The molecule has 2 nitrogen and oxygen atoms in total. The van der Waals surface area contributed by atoms with Crippen molar-refractivity contribution >= 4 is 9.28 Å². The van der Waals surface area contributed by atoms with Crippen LogP contribution in [0.25, 0.3) is 0 Å². The molecule has 0 spiro atoms. The molecule has 0 saturated heterocycles. The van der Waals surface area contributed by atoms with Crippen molar-refractivity contribution < 1.29 is 8.85 Å². The maximum absolute atomic E-state index is 5.81. The van der Waals surface area contributed by atoms with Crippen LogP contribution in [0, 0.1) is 11.8 Å².